The fourth-order valence-corrected chi connectivity index (χ4v) is 3.87. The number of nitrogens with one attached hydrogen (secondary N) is 2. The molecule has 2 atom stereocenters. The number of ether oxygens (including phenoxy) is 1. The Bertz CT molecular complexity index is 741. The number of hydrogen-bond acceptors (Lipinski definition) is 7. The van der Waals surface area contributed by atoms with Crippen LogP contribution < -0.4 is 10.6 Å². The summed E-state index contributed by atoms with van der Waals surface area (Å²) in [6, 6.07) is 0. The largest absolute Gasteiger partial charge is 0.444 e. The summed E-state index contributed by atoms with van der Waals surface area (Å²) >= 11 is 7.38. The first-order valence-electron chi connectivity index (χ1n) is 11.2. The number of hydrogen-bond donors (Lipinski definition) is 3. The maximum atomic E-state index is 13.0. The van der Waals surface area contributed by atoms with E-state index in [4.69, 9.17) is 4.74 Å². The zero-order valence-electron chi connectivity index (χ0n) is 21.2. The van der Waals surface area contributed by atoms with E-state index in [0.29, 0.717) is 25.4 Å². The van der Waals surface area contributed by atoms with Crippen molar-refractivity contribution in [3.8, 4) is 0 Å². The molecule has 0 fully saturated rings. The smallest absolute Gasteiger partial charge is 0.407 e. The normalized spacial score (nSPS) is 13.2. The van der Waals surface area contributed by atoms with E-state index >= 15 is 0 Å². The molecule has 0 spiro atoms. The number of imidazole rings is 1. The molecule has 0 aliphatic rings. The molecule has 0 aromatic carbocycles. The molecule has 1 rings (SSSR count). The highest BCUT2D eigenvalue weighted by atomic mass is 79.9. The van der Waals surface area contributed by atoms with Gasteiger partial charge in [-0.15, -0.1) is 6.58 Å². The number of aromatic nitrogens is 2. The van der Waals surface area contributed by atoms with Crippen molar-refractivity contribution in [1.29, 1.82) is 0 Å². The minimum Gasteiger partial charge on any atom is -0.444 e. The van der Waals surface area contributed by atoms with E-state index in [1.807, 2.05) is 30.9 Å². The Balaban J connectivity index is 0.000000641. The van der Waals surface area contributed by atoms with Gasteiger partial charge in [0, 0.05) is 17.5 Å². The SMILES string of the molecule is C=CCC(F)/C=C/NCc1nc(Br)cn1SS.CCC(CCN(C)C)CNC(=O)OC(C)(C)C. The second-order valence-corrected chi connectivity index (χ2v) is 10.8. The Hall–Kier alpha value is -1.17. The van der Waals surface area contributed by atoms with Gasteiger partial charge >= 0.3 is 6.09 Å². The van der Waals surface area contributed by atoms with Crippen LogP contribution >= 0.6 is 38.6 Å². The van der Waals surface area contributed by atoms with Crippen LogP contribution in [-0.4, -0.2) is 58.9 Å². The number of thiol groups is 1. The van der Waals surface area contributed by atoms with Crippen LogP contribution in [0.2, 0.25) is 0 Å². The lowest BCUT2D eigenvalue weighted by atomic mass is 10.0. The van der Waals surface area contributed by atoms with Gasteiger partial charge in [0.2, 0.25) is 0 Å². The van der Waals surface area contributed by atoms with E-state index in [9.17, 15) is 9.18 Å². The van der Waals surface area contributed by atoms with Crippen LogP contribution in [0.3, 0.4) is 0 Å². The van der Waals surface area contributed by atoms with Crippen molar-refractivity contribution in [3.63, 3.8) is 0 Å². The molecule has 34 heavy (non-hydrogen) atoms. The van der Waals surface area contributed by atoms with Crippen molar-refractivity contribution in [2.24, 2.45) is 5.92 Å². The molecule has 1 heterocycles. The lowest BCUT2D eigenvalue weighted by molar-refractivity contribution is 0.0517. The molecule has 1 aromatic heterocycles. The average molecular weight is 583 g/mol. The Morgan fingerprint density at radius 3 is 2.68 bits per heavy atom. The molecule has 7 nitrogen and oxygen atoms in total. The first kappa shape index (κ1) is 32.8. The van der Waals surface area contributed by atoms with Crippen LogP contribution in [0.15, 0.2) is 35.7 Å². The molecule has 0 bridgehead atoms. The Kier molecular flexibility index (Phi) is 17.5. The van der Waals surface area contributed by atoms with Crippen LogP contribution in [0.1, 0.15) is 52.8 Å². The third-order valence-corrected chi connectivity index (χ3v) is 5.77. The number of carbonyl (C=O) groups excluding carboxylic acids is 1. The van der Waals surface area contributed by atoms with Gasteiger partial charge in [-0.3, -0.25) is 3.97 Å². The lowest BCUT2D eigenvalue weighted by Gasteiger charge is -2.22. The van der Waals surface area contributed by atoms with Crippen molar-refractivity contribution in [2.75, 3.05) is 27.2 Å². The second kappa shape index (κ2) is 18.1. The summed E-state index contributed by atoms with van der Waals surface area (Å²) in [7, 11) is 5.38. The van der Waals surface area contributed by atoms with Gasteiger partial charge < -0.3 is 20.3 Å². The average Bonchev–Trinajstić information content (AvgIpc) is 3.10. The van der Waals surface area contributed by atoms with Crippen molar-refractivity contribution < 1.29 is 13.9 Å². The molecule has 0 saturated heterocycles. The number of amides is 1. The van der Waals surface area contributed by atoms with E-state index in [-0.39, 0.29) is 6.09 Å². The highest BCUT2D eigenvalue weighted by Crippen LogP contribution is 2.18. The number of allylic oxidation sites excluding steroid dienone is 2. The first-order valence-corrected chi connectivity index (χ1v) is 13.9. The molecular weight excluding hydrogens is 541 g/mol. The number of carbonyl (C=O) groups is 1. The predicted molar refractivity (Wildman–Crippen MR) is 149 cm³/mol. The molecule has 196 valence electrons. The minimum absolute atomic E-state index is 0.319. The van der Waals surface area contributed by atoms with E-state index < -0.39 is 11.8 Å². The van der Waals surface area contributed by atoms with Crippen molar-refractivity contribution in [3.05, 3.63) is 41.6 Å². The molecular formula is C23H41BrFN5O2S2. The summed E-state index contributed by atoms with van der Waals surface area (Å²) in [5.41, 5.74) is -0.421. The zero-order chi connectivity index (χ0) is 26.1. The van der Waals surface area contributed by atoms with Gasteiger partial charge in [0.1, 0.15) is 22.2 Å². The highest BCUT2D eigenvalue weighted by molar-refractivity contribution is 9.10. The number of alkyl carbamates (subject to hydrolysis) is 1. The van der Waals surface area contributed by atoms with E-state index in [1.54, 1.807) is 12.3 Å². The monoisotopic (exact) mass is 581 g/mol. The number of rotatable bonds is 13. The summed E-state index contributed by atoms with van der Waals surface area (Å²) in [6.45, 7) is 13.5. The summed E-state index contributed by atoms with van der Waals surface area (Å²) in [5, 5.41) is 5.81. The topological polar surface area (TPSA) is 71.4 Å². The van der Waals surface area contributed by atoms with Crippen LogP contribution in [0.5, 0.6) is 0 Å². The van der Waals surface area contributed by atoms with Crippen molar-refractivity contribution >= 4 is 44.7 Å². The third kappa shape index (κ3) is 17.3. The minimum atomic E-state index is -0.995. The van der Waals surface area contributed by atoms with Gasteiger partial charge in [0.15, 0.2) is 0 Å². The summed E-state index contributed by atoms with van der Waals surface area (Å²) in [4.78, 5) is 17.9. The summed E-state index contributed by atoms with van der Waals surface area (Å²) in [5.74, 6) is 1.32. The number of alkyl halides is 1. The highest BCUT2D eigenvalue weighted by Gasteiger charge is 2.17. The van der Waals surface area contributed by atoms with Gasteiger partial charge in [-0.05, 0) is 88.4 Å². The van der Waals surface area contributed by atoms with Crippen molar-refractivity contribution in [1.82, 2.24) is 24.5 Å². The van der Waals surface area contributed by atoms with Crippen LogP contribution in [-0.2, 0) is 11.3 Å². The van der Waals surface area contributed by atoms with E-state index in [0.717, 1.165) is 29.8 Å². The molecule has 0 radical (unpaired) electrons. The maximum Gasteiger partial charge on any atom is 0.407 e. The fraction of sp³-hybridized carbons (Fsp3) is 0.652. The molecule has 2 N–H and O–H groups in total. The second-order valence-electron chi connectivity index (χ2n) is 8.92. The molecule has 2 unspecified atom stereocenters. The van der Waals surface area contributed by atoms with Gasteiger partial charge in [0.25, 0.3) is 0 Å². The quantitative estimate of drug-likeness (QED) is 0.151. The van der Waals surface area contributed by atoms with Gasteiger partial charge in [-0.1, -0.05) is 31.1 Å². The Morgan fingerprint density at radius 2 is 2.15 bits per heavy atom. The van der Waals surface area contributed by atoms with Gasteiger partial charge in [0.05, 0.1) is 12.7 Å². The van der Waals surface area contributed by atoms with Gasteiger partial charge in [-0.25, -0.2) is 14.2 Å². The number of nitrogens with zero attached hydrogens (tertiary/aromatic N) is 3. The number of halogens is 2. The maximum absolute atomic E-state index is 13.0. The van der Waals surface area contributed by atoms with E-state index in [2.05, 4.69) is 75.7 Å². The predicted octanol–water partition coefficient (Wildman–Crippen LogP) is 5.99. The van der Waals surface area contributed by atoms with E-state index in [1.165, 1.54) is 17.1 Å². The third-order valence-electron chi connectivity index (χ3n) is 4.37. The Labute approximate surface area is 222 Å². The van der Waals surface area contributed by atoms with Crippen LogP contribution in [0.4, 0.5) is 9.18 Å². The molecule has 0 saturated carbocycles. The molecule has 0 aliphatic carbocycles. The molecule has 1 aromatic rings. The lowest BCUT2D eigenvalue weighted by Crippen LogP contribution is -2.35. The van der Waals surface area contributed by atoms with Gasteiger partial charge in [-0.2, -0.15) is 0 Å². The van der Waals surface area contributed by atoms with Crippen molar-refractivity contribution in [2.45, 2.75) is 65.3 Å². The fourth-order valence-electron chi connectivity index (χ4n) is 2.55. The molecule has 1 amide bonds. The van der Waals surface area contributed by atoms with Crippen LogP contribution in [0, 0.1) is 5.92 Å². The molecule has 0 aliphatic heterocycles. The zero-order valence-corrected chi connectivity index (χ0v) is 24.5. The summed E-state index contributed by atoms with van der Waals surface area (Å²) in [6.07, 6.45) is 7.59. The first-order chi connectivity index (χ1) is 15.9. The Morgan fingerprint density at radius 1 is 1.47 bits per heavy atom. The van der Waals surface area contributed by atoms with Crippen LogP contribution in [0.25, 0.3) is 0 Å². The standard InChI is InChI=1S/C13H28N2O2.C10H13BrFN3S2/c1-7-11(8-9-15(5)6)10-14-12(16)17-13(2,3)4;1-2-3-8(12)4-5-13-6-10-14-9(11)7-15(10)17-16/h11H,7-10H2,1-6H3,(H,14,16);2,4-5,7-8,13,16H,1,3,6H2/b;5-4+. The molecule has 11 heteroatoms. The summed E-state index contributed by atoms with van der Waals surface area (Å²) < 4.78 is 20.8.